The van der Waals surface area contributed by atoms with E-state index < -0.39 is 0 Å². The molecule has 1 saturated carbocycles. The van der Waals surface area contributed by atoms with Crippen LogP contribution in [0.25, 0.3) is 0 Å². The molecule has 20 heavy (non-hydrogen) atoms. The molecule has 3 rings (SSSR count). The first-order valence-electron chi connectivity index (χ1n) is 8.30. The van der Waals surface area contributed by atoms with Gasteiger partial charge in [0.05, 0.1) is 0 Å². The van der Waals surface area contributed by atoms with Crippen LogP contribution in [0.1, 0.15) is 49.7 Å². The number of benzene rings is 1. The second-order valence-electron chi connectivity index (χ2n) is 6.61. The van der Waals surface area contributed by atoms with Crippen LogP contribution in [0.4, 0.5) is 0 Å². The van der Waals surface area contributed by atoms with E-state index in [1.54, 1.807) is 0 Å². The molecule has 1 aliphatic carbocycles. The molecular formula is C18H28N2. The van der Waals surface area contributed by atoms with Crippen molar-refractivity contribution in [3.05, 3.63) is 35.4 Å². The van der Waals surface area contributed by atoms with Crippen molar-refractivity contribution in [1.82, 2.24) is 10.2 Å². The maximum Gasteiger partial charge on any atom is 0.0221 e. The molecule has 1 N–H and O–H groups in total. The van der Waals surface area contributed by atoms with E-state index >= 15 is 0 Å². The molecule has 0 bridgehead atoms. The predicted octanol–water partition coefficient (Wildman–Crippen LogP) is 3.31. The molecule has 110 valence electrons. The fourth-order valence-electron chi connectivity index (χ4n) is 3.74. The average molecular weight is 272 g/mol. The third kappa shape index (κ3) is 3.07. The molecule has 0 spiro atoms. The van der Waals surface area contributed by atoms with Gasteiger partial charge in [-0.15, -0.1) is 0 Å². The SMILES string of the molecule is CCN1CCCC1CNC1CC(c2ccc(C)cc2)C1. The molecular weight excluding hydrogens is 244 g/mol. The zero-order valence-corrected chi connectivity index (χ0v) is 12.9. The number of nitrogens with zero attached hydrogens (tertiary/aromatic N) is 1. The van der Waals surface area contributed by atoms with Crippen LogP contribution >= 0.6 is 0 Å². The lowest BCUT2D eigenvalue weighted by molar-refractivity contribution is 0.225. The summed E-state index contributed by atoms with van der Waals surface area (Å²) in [5.41, 5.74) is 2.90. The van der Waals surface area contributed by atoms with Gasteiger partial charge in [-0.25, -0.2) is 0 Å². The largest absolute Gasteiger partial charge is 0.312 e. The first kappa shape index (κ1) is 14.1. The zero-order valence-electron chi connectivity index (χ0n) is 12.9. The van der Waals surface area contributed by atoms with Crippen molar-refractivity contribution in [2.75, 3.05) is 19.6 Å². The van der Waals surface area contributed by atoms with Gasteiger partial charge >= 0.3 is 0 Å². The van der Waals surface area contributed by atoms with E-state index in [-0.39, 0.29) is 0 Å². The Balaban J connectivity index is 1.41. The Labute approximate surface area is 123 Å². The third-order valence-corrected chi connectivity index (χ3v) is 5.23. The van der Waals surface area contributed by atoms with E-state index in [0.717, 1.165) is 18.0 Å². The Morgan fingerprint density at radius 2 is 1.95 bits per heavy atom. The minimum absolute atomic E-state index is 0.751. The molecule has 1 aromatic rings. The fraction of sp³-hybridized carbons (Fsp3) is 0.667. The molecule has 1 aliphatic heterocycles. The summed E-state index contributed by atoms with van der Waals surface area (Å²) in [7, 11) is 0. The second kappa shape index (κ2) is 6.28. The van der Waals surface area contributed by atoms with E-state index in [9.17, 15) is 0 Å². The summed E-state index contributed by atoms with van der Waals surface area (Å²) in [6, 6.07) is 10.7. The number of hydrogen-bond acceptors (Lipinski definition) is 2. The number of nitrogens with one attached hydrogen (secondary N) is 1. The van der Waals surface area contributed by atoms with Crippen molar-refractivity contribution >= 4 is 0 Å². The lowest BCUT2D eigenvalue weighted by Crippen LogP contribution is -2.46. The van der Waals surface area contributed by atoms with Crippen LogP contribution in [-0.4, -0.2) is 36.6 Å². The Bertz CT molecular complexity index is 420. The van der Waals surface area contributed by atoms with Gasteiger partial charge < -0.3 is 5.32 Å². The number of likely N-dealkylation sites (N-methyl/N-ethyl adjacent to an activating group) is 1. The van der Waals surface area contributed by atoms with E-state index in [4.69, 9.17) is 0 Å². The molecule has 1 aromatic carbocycles. The van der Waals surface area contributed by atoms with Gasteiger partial charge in [-0.2, -0.15) is 0 Å². The predicted molar refractivity (Wildman–Crippen MR) is 85.2 cm³/mol. The van der Waals surface area contributed by atoms with E-state index in [1.165, 1.54) is 56.4 Å². The number of aryl methyl sites for hydroxylation is 1. The normalized spacial score (nSPS) is 30.4. The summed E-state index contributed by atoms with van der Waals surface area (Å²) in [6.07, 6.45) is 5.41. The van der Waals surface area contributed by atoms with Gasteiger partial charge in [0.25, 0.3) is 0 Å². The van der Waals surface area contributed by atoms with Gasteiger partial charge in [-0.05, 0) is 57.2 Å². The van der Waals surface area contributed by atoms with Gasteiger partial charge in [0.1, 0.15) is 0 Å². The van der Waals surface area contributed by atoms with Crippen LogP contribution in [0.15, 0.2) is 24.3 Å². The van der Waals surface area contributed by atoms with Crippen molar-refractivity contribution in [3.63, 3.8) is 0 Å². The van der Waals surface area contributed by atoms with Crippen molar-refractivity contribution in [3.8, 4) is 0 Å². The highest BCUT2D eigenvalue weighted by Gasteiger charge is 2.31. The van der Waals surface area contributed by atoms with Gasteiger partial charge in [0, 0.05) is 18.6 Å². The van der Waals surface area contributed by atoms with Crippen LogP contribution in [0.3, 0.4) is 0 Å². The molecule has 2 fully saturated rings. The highest BCUT2D eigenvalue weighted by atomic mass is 15.2. The van der Waals surface area contributed by atoms with Crippen molar-refractivity contribution in [2.45, 2.75) is 57.5 Å². The summed E-state index contributed by atoms with van der Waals surface area (Å²) in [6.45, 7) is 8.16. The van der Waals surface area contributed by atoms with Gasteiger partial charge in [-0.1, -0.05) is 36.8 Å². The van der Waals surface area contributed by atoms with Crippen LogP contribution in [-0.2, 0) is 0 Å². The lowest BCUT2D eigenvalue weighted by Gasteiger charge is -2.38. The fourth-order valence-corrected chi connectivity index (χ4v) is 3.74. The smallest absolute Gasteiger partial charge is 0.0221 e. The lowest BCUT2D eigenvalue weighted by atomic mass is 9.75. The first-order chi connectivity index (χ1) is 9.76. The molecule has 2 heteroatoms. The molecule has 1 unspecified atom stereocenters. The minimum Gasteiger partial charge on any atom is -0.312 e. The third-order valence-electron chi connectivity index (χ3n) is 5.23. The molecule has 2 nitrogen and oxygen atoms in total. The maximum absolute atomic E-state index is 3.79. The van der Waals surface area contributed by atoms with Gasteiger partial charge in [0.2, 0.25) is 0 Å². The Morgan fingerprint density at radius 3 is 2.65 bits per heavy atom. The number of hydrogen-bond donors (Lipinski definition) is 1. The standard InChI is InChI=1S/C18H28N2/c1-3-20-10-4-5-18(20)13-19-17-11-16(12-17)15-8-6-14(2)7-9-15/h6-9,16-19H,3-5,10-13H2,1-2H3. The number of rotatable bonds is 5. The van der Waals surface area contributed by atoms with Crippen LogP contribution < -0.4 is 5.32 Å². The van der Waals surface area contributed by atoms with Gasteiger partial charge in [-0.3, -0.25) is 4.90 Å². The minimum atomic E-state index is 0.751. The highest BCUT2D eigenvalue weighted by molar-refractivity contribution is 5.26. The van der Waals surface area contributed by atoms with E-state index in [2.05, 4.69) is 48.3 Å². The summed E-state index contributed by atoms with van der Waals surface area (Å²) in [4.78, 5) is 2.63. The van der Waals surface area contributed by atoms with Crippen molar-refractivity contribution < 1.29 is 0 Å². The summed E-state index contributed by atoms with van der Waals surface area (Å²) >= 11 is 0. The van der Waals surface area contributed by atoms with Crippen molar-refractivity contribution in [1.29, 1.82) is 0 Å². The summed E-state index contributed by atoms with van der Waals surface area (Å²) in [5, 5.41) is 3.79. The molecule has 0 aromatic heterocycles. The first-order valence-corrected chi connectivity index (χ1v) is 8.30. The Morgan fingerprint density at radius 1 is 1.20 bits per heavy atom. The molecule has 2 aliphatic rings. The Kier molecular flexibility index (Phi) is 4.42. The van der Waals surface area contributed by atoms with Gasteiger partial charge in [0.15, 0.2) is 0 Å². The molecule has 1 heterocycles. The van der Waals surface area contributed by atoms with Crippen LogP contribution in [0.5, 0.6) is 0 Å². The monoisotopic (exact) mass is 272 g/mol. The maximum atomic E-state index is 3.79. The molecule has 0 radical (unpaired) electrons. The zero-order chi connectivity index (χ0) is 13.9. The number of likely N-dealkylation sites (tertiary alicyclic amines) is 1. The Hall–Kier alpha value is -0.860. The second-order valence-corrected chi connectivity index (χ2v) is 6.61. The van der Waals surface area contributed by atoms with Crippen LogP contribution in [0.2, 0.25) is 0 Å². The molecule has 0 amide bonds. The average Bonchev–Trinajstić information content (AvgIpc) is 2.86. The summed E-state index contributed by atoms with van der Waals surface area (Å²) in [5.74, 6) is 0.791. The highest BCUT2D eigenvalue weighted by Crippen LogP contribution is 2.37. The summed E-state index contributed by atoms with van der Waals surface area (Å²) < 4.78 is 0. The van der Waals surface area contributed by atoms with E-state index in [0.29, 0.717) is 0 Å². The van der Waals surface area contributed by atoms with E-state index in [1.807, 2.05) is 0 Å². The molecule has 1 saturated heterocycles. The molecule has 1 atom stereocenters. The topological polar surface area (TPSA) is 15.3 Å². The van der Waals surface area contributed by atoms with Crippen LogP contribution in [0, 0.1) is 6.92 Å². The van der Waals surface area contributed by atoms with Crippen molar-refractivity contribution in [2.24, 2.45) is 0 Å². The quantitative estimate of drug-likeness (QED) is 0.884.